The highest BCUT2D eigenvalue weighted by Gasteiger charge is 2.13. The number of benzene rings is 2. The summed E-state index contributed by atoms with van der Waals surface area (Å²) >= 11 is 0. The summed E-state index contributed by atoms with van der Waals surface area (Å²) in [5, 5.41) is 5.58. The van der Waals surface area contributed by atoms with Crippen LogP contribution in [0.5, 0.6) is 0 Å². The lowest BCUT2D eigenvalue weighted by Gasteiger charge is -2.12. The van der Waals surface area contributed by atoms with Gasteiger partial charge in [-0.3, -0.25) is 9.59 Å². The van der Waals surface area contributed by atoms with E-state index < -0.39 is 0 Å². The fraction of sp³-hybridized carbons (Fsp3) is 0.222. The zero-order valence-electron chi connectivity index (χ0n) is 13.3. The first-order valence-corrected chi connectivity index (χ1v) is 7.13. The summed E-state index contributed by atoms with van der Waals surface area (Å²) in [6.45, 7) is 7.35. The molecule has 4 heteroatoms. The van der Waals surface area contributed by atoms with Gasteiger partial charge in [0.15, 0.2) is 0 Å². The lowest BCUT2D eigenvalue weighted by atomic mass is 9.99. The van der Waals surface area contributed by atoms with Crippen LogP contribution in [0, 0.1) is 20.8 Å². The summed E-state index contributed by atoms with van der Waals surface area (Å²) in [7, 11) is 0. The molecule has 0 atom stereocenters. The first kappa shape index (κ1) is 15.8. The number of rotatable bonds is 3. The van der Waals surface area contributed by atoms with Crippen LogP contribution in [0.15, 0.2) is 36.4 Å². The molecule has 0 aliphatic rings. The minimum Gasteiger partial charge on any atom is -0.326 e. The molecule has 22 heavy (non-hydrogen) atoms. The second-order valence-corrected chi connectivity index (χ2v) is 5.49. The predicted molar refractivity (Wildman–Crippen MR) is 89.4 cm³/mol. The third-order valence-corrected chi connectivity index (χ3v) is 3.37. The van der Waals surface area contributed by atoms with E-state index >= 15 is 0 Å². The third-order valence-electron chi connectivity index (χ3n) is 3.37. The maximum atomic E-state index is 12.4. The van der Waals surface area contributed by atoms with Gasteiger partial charge in [0, 0.05) is 23.9 Å². The summed E-state index contributed by atoms with van der Waals surface area (Å²) in [6.07, 6.45) is 0. The molecule has 0 radical (unpaired) electrons. The van der Waals surface area contributed by atoms with Crippen LogP contribution < -0.4 is 10.6 Å². The van der Waals surface area contributed by atoms with Crippen LogP contribution in [-0.4, -0.2) is 11.8 Å². The van der Waals surface area contributed by atoms with Gasteiger partial charge in [0.2, 0.25) is 5.91 Å². The Morgan fingerprint density at radius 2 is 1.27 bits per heavy atom. The monoisotopic (exact) mass is 296 g/mol. The highest BCUT2D eigenvalue weighted by Crippen LogP contribution is 2.19. The second kappa shape index (κ2) is 6.43. The molecule has 0 spiro atoms. The quantitative estimate of drug-likeness (QED) is 0.904. The maximum absolute atomic E-state index is 12.4. The summed E-state index contributed by atoms with van der Waals surface area (Å²) in [4.78, 5) is 23.4. The van der Waals surface area contributed by atoms with Gasteiger partial charge in [-0.15, -0.1) is 0 Å². The molecule has 2 N–H and O–H groups in total. The van der Waals surface area contributed by atoms with Crippen molar-refractivity contribution in [3.05, 3.63) is 58.7 Å². The molecular formula is C18H20N2O2. The Labute approximate surface area is 130 Å². The van der Waals surface area contributed by atoms with Crippen LogP contribution >= 0.6 is 0 Å². The fourth-order valence-corrected chi connectivity index (χ4v) is 2.57. The van der Waals surface area contributed by atoms with Crippen molar-refractivity contribution < 1.29 is 9.59 Å². The van der Waals surface area contributed by atoms with Gasteiger partial charge in [-0.1, -0.05) is 17.7 Å². The van der Waals surface area contributed by atoms with E-state index in [1.165, 1.54) is 6.92 Å². The van der Waals surface area contributed by atoms with Crippen LogP contribution in [0.2, 0.25) is 0 Å². The Balaban J connectivity index is 2.17. The van der Waals surface area contributed by atoms with Crippen molar-refractivity contribution >= 4 is 23.2 Å². The first-order valence-electron chi connectivity index (χ1n) is 7.13. The Hall–Kier alpha value is -2.62. The number of carbonyl (C=O) groups is 2. The molecule has 0 bridgehead atoms. The molecule has 0 saturated heterocycles. The van der Waals surface area contributed by atoms with E-state index in [-0.39, 0.29) is 11.8 Å². The topological polar surface area (TPSA) is 58.2 Å². The number of anilines is 2. The van der Waals surface area contributed by atoms with Crippen molar-refractivity contribution in [1.29, 1.82) is 0 Å². The van der Waals surface area contributed by atoms with Gasteiger partial charge in [-0.2, -0.15) is 0 Å². The van der Waals surface area contributed by atoms with Crippen molar-refractivity contribution in [3.63, 3.8) is 0 Å². The lowest BCUT2D eigenvalue weighted by Crippen LogP contribution is -2.15. The molecule has 2 rings (SSSR count). The number of carbonyl (C=O) groups excluding carboxylic acids is 2. The zero-order chi connectivity index (χ0) is 16.3. The minimum atomic E-state index is -0.123. The Morgan fingerprint density at radius 3 is 1.73 bits per heavy atom. The van der Waals surface area contributed by atoms with Crippen molar-refractivity contribution in [1.82, 2.24) is 0 Å². The van der Waals surface area contributed by atoms with Crippen molar-refractivity contribution in [2.75, 3.05) is 10.6 Å². The van der Waals surface area contributed by atoms with E-state index in [0.29, 0.717) is 16.9 Å². The van der Waals surface area contributed by atoms with Crippen LogP contribution in [0.1, 0.15) is 34.0 Å². The summed E-state index contributed by atoms with van der Waals surface area (Å²) in [5.74, 6) is -0.245. The summed E-state index contributed by atoms with van der Waals surface area (Å²) in [5.41, 5.74) is 5.17. The van der Waals surface area contributed by atoms with Gasteiger partial charge in [0.1, 0.15) is 0 Å². The van der Waals surface area contributed by atoms with Crippen molar-refractivity contribution in [2.24, 2.45) is 0 Å². The predicted octanol–water partition coefficient (Wildman–Crippen LogP) is 3.82. The van der Waals surface area contributed by atoms with Gasteiger partial charge in [0.05, 0.1) is 0 Å². The molecule has 2 aromatic carbocycles. The van der Waals surface area contributed by atoms with Crippen molar-refractivity contribution in [3.8, 4) is 0 Å². The average molecular weight is 296 g/mol. The Kier molecular flexibility index (Phi) is 4.61. The average Bonchev–Trinajstić information content (AvgIpc) is 2.39. The second-order valence-electron chi connectivity index (χ2n) is 5.49. The molecule has 2 amide bonds. The lowest BCUT2D eigenvalue weighted by molar-refractivity contribution is -0.114. The van der Waals surface area contributed by atoms with Crippen LogP contribution in [0.3, 0.4) is 0 Å². The molecule has 0 aromatic heterocycles. The van der Waals surface area contributed by atoms with Gasteiger partial charge >= 0.3 is 0 Å². The molecule has 0 heterocycles. The summed E-state index contributed by atoms with van der Waals surface area (Å²) < 4.78 is 0. The van der Waals surface area contributed by atoms with Gasteiger partial charge in [-0.25, -0.2) is 0 Å². The molecule has 0 fully saturated rings. The molecular weight excluding hydrogens is 276 g/mol. The highest BCUT2D eigenvalue weighted by molar-refractivity contribution is 6.06. The largest absolute Gasteiger partial charge is 0.326 e. The SMILES string of the molecule is CC(=O)Nc1ccc(NC(=O)c2c(C)cc(C)cc2C)cc1. The third kappa shape index (κ3) is 3.73. The van der Waals surface area contributed by atoms with E-state index in [4.69, 9.17) is 0 Å². The Bertz CT molecular complexity index is 695. The van der Waals surface area contributed by atoms with Gasteiger partial charge in [-0.05, 0) is 56.2 Å². The normalized spacial score (nSPS) is 10.2. The molecule has 0 saturated carbocycles. The zero-order valence-corrected chi connectivity index (χ0v) is 13.3. The maximum Gasteiger partial charge on any atom is 0.256 e. The van der Waals surface area contributed by atoms with Crippen molar-refractivity contribution in [2.45, 2.75) is 27.7 Å². The Morgan fingerprint density at radius 1 is 0.818 bits per heavy atom. The number of aryl methyl sites for hydroxylation is 3. The number of amides is 2. The minimum absolute atomic E-state index is 0.123. The smallest absolute Gasteiger partial charge is 0.256 e. The number of nitrogens with one attached hydrogen (secondary N) is 2. The standard InChI is InChI=1S/C18H20N2O2/c1-11-9-12(2)17(13(3)10-11)18(22)20-16-7-5-15(6-8-16)19-14(4)21/h5-10H,1-4H3,(H,19,21)(H,20,22). The number of hydrogen-bond acceptors (Lipinski definition) is 2. The van der Waals surface area contributed by atoms with Crippen LogP contribution in [-0.2, 0) is 4.79 Å². The molecule has 0 aliphatic carbocycles. The molecule has 2 aromatic rings. The van der Waals surface area contributed by atoms with E-state index in [9.17, 15) is 9.59 Å². The molecule has 114 valence electrons. The van der Waals surface area contributed by atoms with E-state index in [1.807, 2.05) is 32.9 Å². The molecule has 0 aliphatic heterocycles. The number of hydrogen-bond donors (Lipinski definition) is 2. The molecule has 4 nitrogen and oxygen atoms in total. The highest BCUT2D eigenvalue weighted by atomic mass is 16.2. The van der Waals surface area contributed by atoms with E-state index in [1.54, 1.807) is 24.3 Å². The van der Waals surface area contributed by atoms with E-state index in [0.717, 1.165) is 16.7 Å². The van der Waals surface area contributed by atoms with Gasteiger partial charge < -0.3 is 10.6 Å². The van der Waals surface area contributed by atoms with Gasteiger partial charge in [0.25, 0.3) is 5.91 Å². The fourth-order valence-electron chi connectivity index (χ4n) is 2.57. The molecule has 0 unspecified atom stereocenters. The van der Waals surface area contributed by atoms with Crippen LogP contribution in [0.25, 0.3) is 0 Å². The first-order chi connectivity index (χ1) is 10.4. The van der Waals surface area contributed by atoms with E-state index in [2.05, 4.69) is 10.6 Å². The summed E-state index contributed by atoms with van der Waals surface area (Å²) in [6, 6.07) is 11.0. The van der Waals surface area contributed by atoms with Crippen LogP contribution in [0.4, 0.5) is 11.4 Å².